The fraction of sp³-hybridized carbons (Fsp3) is 0.900. The molecule has 1 fully saturated rings. The van der Waals surface area contributed by atoms with Gasteiger partial charge in [0.2, 0.25) is 0 Å². The van der Waals surface area contributed by atoms with Crippen LogP contribution in [0.1, 0.15) is 33.1 Å². The van der Waals surface area contributed by atoms with E-state index in [0.29, 0.717) is 18.7 Å². The van der Waals surface area contributed by atoms with Crippen LogP contribution >= 0.6 is 8.30 Å². The van der Waals surface area contributed by atoms with Crippen LogP contribution in [-0.4, -0.2) is 30.0 Å². The van der Waals surface area contributed by atoms with Crippen molar-refractivity contribution >= 4 is 8.30 Å². The van der Waals surface area contributed by atoms with Crippen molar-refractivity contribution in [3.8, 4) is 6.07 Å². The van der Waals surface area contributed by atoms with Crippen molar-refractivity contribution in [3.63, 3.8) is 0 Å². The number of hydrogen-bond donors (Lipinski definition) is 0. The summed E-state index contributed by atoms with van der Waals surface area (Å²) in [6.45, 7) is 7.36. The minimum atomic E-state index is -0.450. The molecule has 0 aliphatic carbocycles. The molecule has 1 aliphatic heterocycles. The van der Waals surface area contributed by atoms with Crippen LogP contribution in [0.4, 0.5) is 0 Å². The van der Waals surface area contributed by atoms with Crippen molar-refractivity contribution in [1.82, 2.24) is 4.67 Å². The Morgan fingerprint density at radius 1 is 1.43 bits per heavy atom. The summed E-state index contributed by atoms with van der Waals surface area (Å²) in [6, 6.07) is 2.12. The van der Waals surface area contributed by atoms with Gasteiger partial charge in [0, 0.05) is 18.7 Å². The van der Waals surface area contributed by atoms with Crippen LogP contribution in [0.15, 0.2) is 0 Å². The van der Waals surface area contributed by atoms with Gasteiger partial charge in [-0.3, -0.25) is 4.67 Å². The highest BCUT2D eigenvalue weighted by Gasteiger charge is 2.25. The van der Waals surface area contributed by atoms with Gasteiger partial charge in [0.05, 0.1) is 19.1 Å². The standard InChI is InChI=1S/C10H19N2OP/c1-10(2)14(13-9-5-6-11)12-7-3-4-8-12/h10H,3-5,7-9H2,1-2H3. The average Bonchev–Trinajstić information content (AvgIpc) is 2.64. The summed E-state index contributed by atoms with van der Waals surface area (Å²) >= 11 is 0. The zero-order valence-electron chi connectivity index (χ0n) is 9.07. The quantitative estimate of drug-likeness (QED) is 0.521. The molecule has 1 aliphatic rings. The maximum Gasteiger partial charge on any atom is 0.106 e. The Hall–Kier alpha value is -0.160. The lowest BCUT2D eigenvalue weighted by atomic mass is 10.4. The summed E-state index contributed by atoms with van der Waals surface area (Å²) in [5.41, 5.74) is 0.571. The molecule has 1 saturated heterocycles. The zero-order valence-corrected chi connectivity index (χ0v) is 9.96. The Morgan fingerprint density at radius 2 is 2.07 bits per heavy atom. The molecular weight excluding hydrogens is 195 g/mol. The van der Waals surface area contributed by atoms with E-state index in [-0.39, 0.29) is 0 Å². The molecule has 0 bridgehead atoms. The lowest BCUT2D eigenvalue weighted by Gasteiger charge is -2.29. The molecule has 0 aromatic heterocycles. The first kappa shape index (κ1) is 11.9. The molecule has 1 atom stereocenters. The molecule has 14 heavy (non-hydrogen) atoms. The Bertz CT molecular complexity index is 197. The minimum absolute atomic E-state index is 0.450. The topological polar surface area (TPSA) is 36.3 Å². The van der Waals surface area contributed by atoms with Crippen LogP contribution in [0.25, 0.3) is 0 Å². The molecule has 0 saturated carbocycles. The molecule has 80 valence electrons. The van der Waals surface area contributed by atoms with Gasteiger partial charge in [-0.15, -0.1) is 0 Å². The lowest BCUT2D eigenvalue weighted by Crippen LogP contribution is -2.19. The Morgan fingerprint density at radius 3 is 2.57 bits per heavy atom. The van der Waals surface area contributed by atoms with Gasteiger partial charge in [0.1, 0.15) is 8.30 Å². The predicted molar refractivity (Wildman–Crippen MR) is 59.0 cm³/mol. The fourth-order valence-electron chi connectivity index (χ4n) is 1.64. The fourth-order valence-corrected chi connectivity index (χ4v) is 3.71. The third-order valence-electron chi connectivity index (χ3n) is 2.24. The van der Waals surface area contributed by atoms with E-state index < -0.39 is 8.30 Å². The number of nitriles is 1. The maximum atomic E-state index is 8.45. The molecule has 0 spiro atoms. The van der Waals surface area contributed by atoms with Crippen LogP contribution in [0.5, 0.6) is 0 Å². The van der Waals surface area contributed by atoms with Crippen LogP contribution in [0.3, 0.4) is 0 Å². The molecule has 1 heterocycles. The van der Waals surface area contributed by atoms with Crippen molar-refractivity contribution in [2.24, 2.45) is 0 Å². The molecule has 0 aromatic carbocycles. The molecule has 4 heteroatoms. The van der Waals surface area contributed by atoms with Crippen LogP contribution < -0.4 is 0 Å². The van der Waals surface area contributed by atoms with Gasteiger partial charge in [0.15, 0.2) is 0 Å². The van der Waals surface area contributed by atoms with Gasteiger partial charge in [-0.1, -0.05) is 13.8 Å². The second-order valence-electron chi connectivity index (χ2n) is 3.80. The van der Waals surface area contributed by atoms with Gasteiger partial charge < -0.3 is 4.52 Å². The SMILES string of the molecule is CC(C)P(OCCC#N)N1CCCC1. The summed E-state index contributed by atoms with van der Waals surface area (Å²) in [5, 5.41) is 8.45. The van der Waals surface area contributed by atoms with Gasteiger partial charge in [-0.05, 0) is 12.8 Å². The molecule has 0 amide bonds. The zero-order chi connectivity index (χ0) is 10.4. The second kappa shape index (κ2) is 6.35. The van der Waals surface area contributed by atoms with Crippen molar-refractivity contribution < 1.29 is 4.52 Å². The smallest absolute Gasteiger partial charge is 0.106 e. The highest BCUT2D eigenvalue weighted by Crippen LogP contribution is 2.47. The molecule has 0 N–H and O–H groups in total. The molecule has 1 unspecified atom stereocenters. The summed E-state index contributed by atoms with van der Waals surface area (Å²) < 4.78 is 8.25. The van der Waals surface area contributed by atoms with E-state index in [0.717, 1.165) is 0 Å². The Labute approximate surface area is 87.9 Å². The molecule has 0 aromatic rings. The van der Waals surface area contributed by atoms with E-state index in [2.05, 4.69) is 24.6 Å². The highest BCUT2D eigenvalue weighted by atomic mass is 31.2. The van der Waals surface area contributed by atoms with Gasteiger partial charge in [-0.25, -0.2) is 0 Å². The Balaban J connectivity index is 2.34. The van der Waals surface area contributed by atoms with E-state index in [1.165, 1.54) is 25.9 Å². The maximum absolute atomic E-state index is 8.45. The van der Waals surface area contributed by atoms with E-state index in [4.69, 9.17) is 9.79 Å². The van der Waals surface area contributed by atoms with Crippen molar-refractivity contribution in [2.75, 3.05) is 19.7 Å². The number of hydrogen-bond acceptors (Lipinski definition) is 3. The molecule has 0 radical (unpaired) electrons. The van der Waals surface area contributed by atoms with E-state index in [1.807, 2.05) is 0 Å². The first-order chi connectivity index (χ1) is 6.75. The Kier molecular flexibility index (Phi) is 5.40. The van der Waals surface area contributed by atoms with Gasteiger partial charge >= 0.3 is 0 Å². The normalized spacial score (nSPS) is 19.9. The lowest BCUT2D eigenvalue weighted by molar-refractivity contribution is 0.321. The second-order valence-corrected chi connectivity index (χ2v) is 6.26. The number of nitrogens with zero attached hydrogens (tertiary/aromatic N) is 2. The monoisotopic (exact) mass is 214 g/mol. The summed E-state index contributed by atoms with van der Waals surface area (Å²) in [7, 11) is -0.450. The van der Waals surface area contributed by atoms with Crippen LogP contribution in [0, 0.1) is 11.3 Å². The summed E-state index contributed by atoms with van der Waals surface area (Å²) in [5.74, 6) is 0. The van der Waals surface area contributed by atoms with Crippen LogP contribution in [0.2, 0.25) is 0 Å². The van der Waals surface area contributed by atoms with E-state index in [9.17, 15) is 0 Å². The van der Waals surface area contributed by atoms with Crippen LogP contribution in [-0.2, 0) is 4.52 Å². The third kappa shape index (κ3) is 3.53. The predicted octanol–water partition coefficient (Wildman–Crippen LogP) is 2.73. The minimum Gasteiger partial charge on any atom is -0.342 e. The van der Waals surface area contributed by atoms with Crippen molar-refractivity contribution in [1.29, 1.82) is 5.26 Å². The first-order valence-corrected chi connectivity index (χ1v) is 6.58. The molecule has 1 rings (SSSR count). The van der Waals surface area contributed by atoms with Crippen molar-refractivity contribution in [3.05, 3.63) is 0 Å². The average molecular weight is 214 g/mol. The van der Waals surface area contributed by atoms with E-state index in [1.54, 1.807) is 0 Å². The van der Waals surface area contributed by atoms with Crippen molar-refractivity contribution in [2.45, 2.75) is 38.8 Å². The molecule has 3 nitrogen and oxygen atoms in total. The summed E-state index contributed by atoms with van der Waals surface area (Å²) in [6.07, 6.45) is 3.11. The third-order valence-corrected chi connectivity index (χ3v) is 4.53. The largest absolute Gasteiger partial charge is 0.342 e. The van der Waals surface area contributed by atoms with Gasteiger partial charge in [-0.2, -0.15) is 5.26 Å². The summed E-state index contributed by atoms with van der Waals surface area (Å²) in [4.78, 5) is 0. The van der Waals surface area contributed by atoms with Gasteiger partial charge in [0.25, 0.3) is 0 Å². The first-order valence-electron chi connectivity index (χ1n) is 5.29. The highest BCUT2D eigenvalue weighted by molar-refractivity contribution is 7.50. The van der Waals surface area contributed by atoms with E-state index >= 15 is 0 Å². The molecular formula is C10H19N2OP. The number of rotatable bonds is 5.